The Hall–Kier alpha value is -1.62. The average Bonchev–Trinajstić information content (AvgIpc) is 3.13. The summed E-state index contributed by atoms with van der Waals surface area (Å²) in [6.45, 7) is -0.366. The molecule has 1 aromatic carbocycles. The first-order valence-electron chi connectivity index (χ1n) is 5.78. The minimum absolute atomic E-state index is 0.173. The van der Waals surface area contributed by atoms with Crippen molar-refractivity contribution >= 4 is 5.97 Å². The van der Waals surface area contributed by atoms with Crippen LogP contribution in [0.15, 0.2) is 18.2 Å². The van der Waals surface area contributed by atoms with Crippen LogP contribution in [0, 0.1) is 11.7 Å². The fraction of sp³-hybridized carbons (Fsp3) is 0.462. The van der Waals surface area contributed by atoms with Gasteiger partial charge < -0.3 is 14.6 Å². The van der Waals surface area contributed by atoms with E-state index in [4.69, 9.17) is 14.6 Å². The van der Waals surface area contributed by atoms with Crippen LogP contribution in [0.5, 0.6) is 5.75 Å². The van der Waals surface area contributed by atoms with Crippen molar-refractivity contribution in [1.29, 1.82) is 0 Å². The Morgan fingerprint density at radius 1 is 1.56 bits per heavy atom. The normalized spacial score (nSPS) is 16.3. The van der Waals surface area contributed by atoms with Crippen molar-refractivity contribution in [2.24, 2.45) is 5.92 Å². The maximum Gasteiger partial charge on any atom is 0.329 e. The quantitative estimate of drug-likeness (QED) is 0.846. The third-order valence-electron chi connectivity index (χ3n) is 2.94. The van der Waals surface area contributed by atoms with E-state index in [1.54, 1.807) is 6.07 Å². The Balaban J connectivity index is 2.14. The lowest BCUT2D eigenvalue weighted by molar-refractivity contribution is -0.145. The second kappa shape index (κ2) is 5.35. The molecule has 1 fully saturated rings. The zero-order chi connectivity index (χ0) is 13.1. The van der Waals surface area contributed by atoms with E-state index in [1.807, 2.05) is 0 Å². The smallest absolute Gasteiger partial charge is 0.329 e. The molecule has 0 heterocycles. The summed E-state index contributed by atoms with van der Waals surface area (Å²) in [5, 5.41) is 8.63. The van der Waals surface area contributed by atoms with Crippen LogP contribution in [0.1, 0.15) is 24.5 Å². The van der Waals surface area contributed by atoms with Crippen LogP contribution in [0.25, 0.3) is 0 Å². The number of carboxylic acid groups (broad SMARTS) is 1. The van der Waals surface area contributed by atoms with Crippen molar-refractivity contribution in [3.05, 3.63) is 29.6 Å². The molecule has 2 rings (SSSR count). The van der Waals surface area contributed by atoms with Crippen molar-refractivity contribution < 1.29 is 23.8 Å². The number of rotatable bonds is 6. The molecule has 0 spiro atoms. The molecule has 0 aliphatic heterocycles. The molecule has 1 saturated carbocycles. The molecule has 1 N–H and O–H groups in total. The first kappa shape index (κ1) is 12.8. The predicted octanol–water partition coefficient (Wildman–Crippen LogP) is 2.39. The molecule has 1 aliphatic rings. The van der Waals surface area contributed by atoms with Crippen LogP contribution in [-0.2, 0) is 9.53 Å². The minimum Gasteiger partial charge on any atom is -0.494 e. The highest BCUT2D eigenvalue weighted by molar-refractivity contribution is 5.68. The van der Waals surface area contributed by atoms with Gasteiger partial charge in [0.1, 0.15) is 6.61 Å². The van der Waals surface area contributed by atoms with Crippen molar-refractivity contribution in [2.45, 2.75) is 18.9 Å². The van der Waals surface area contributed by atoms with Crippen molar-refractivity contribution in [2.75, 3.05) is 13.7 Å². The highest BCUT2D eigenvalue weighted by atomic mass is 19.1. The molecule has 0 radical (unpaired) electrons. The molecule has 5 heteroatoms. The fourth-order valence-electron chi connectivity index (χ4n) is 1.92. The van der Waals surface area contributed by atoms with Crippen molar-refractivity contribution in [3.63, 3.8) is 0 Å². The summed E-state index contributed by atoms with van der Waals surface area (Å²) in [7, 11) is 1.40. The molecule has 0 aromatic heterocycles. The summed E-state index contributed by atoms with van der Waals surface area (Å²) in [6.07, 6.45) is 1.62. The van der Waals surface area contributed by atoms with E-state index in [-0.39, 0.29) is 24.4 Å². The van der Waals surface area contributed by atoms with Crippen LogP contribution < -0.4 is 4.74 Å². The van der Waals surface area contributed by atoms with Gasteiger partial charge in [0.05, 0.1) is 13.2 Å². The van der Waals surface area contributed by atoms with E-state index in [9.17, 15) is 9.18 Å². The maximum atomic E-state index is 13.6. The van der Waals surface area contributed by atoms with Gasteiger partial charge in [0.25, 0.3) is 0 Å². The maximum absolute atomic E-state index is 13.6. The van der Waals surface area contributed by atoms with Crippen molar-refractivity contribution in [1.82, 2.24) is 0 Å². The second-order valence-electron chi connectivity index (χ2n) is 4.36. The number of carboxylic acids is 1. The second-order valence-corrected chi connectivity index (χ2v) is 4.36. The van der Waals surface area contributed by atoms with Gasteiger partial charge in [-0.05, 0) is 36.5 Å². The number of ether oxygens (including phenoxy) is 2. The van der Waals surface area contributed by atoms with Gasteiger partial charge in [-0.15, -0.1) is 0 Å². The van der Waals surface area contributed by atoms with Crippen LogP contribution in [0.4, 0.5) is 4.39 Å². The topological polar surface area (TPSA) is 55.8 Å². The number of hydrogen-bond donors (Lipinski definition) is 1. The number of aliphatic carboxylic acids is 1. The minimum atomic E-state index is -1.02. The van der Waals surface area contributed by atoms with Gasteiger partial charge in [0.15, 0.2) is 11.6 Å². The molecule has 4 nitrogen and oxygen atoms in total. The van der Waals surface area contributed by atoms with Gasteiger partial charge in [0.2, 0.25) is 0 Å². The molecule has 98 valence electrons. The molecule has 0 saturated heterocycles. The largest absolute Gasteiger partial charge is 0.494 e. The molecular weight excluding hydrogens is 239 g/mol. The lowest BCUT2D eigenvalue weighted by Crippen LogP contribution is -2.14. The van der Waals surface area contributed by atoms with Crippen LogP contribution in [0.3, 0.4) is 0 Å². The Bertz CT molecular complexity index is 443. The summed E-state index contributed by atoms with van der Waals surface area (Å²) < 4.78 is 23.8. The molecule has 1 aromatic rings. The van der Waals surface area contributed by atoms with Gasteiger partial charge in [-0.25, -0.2) is 9.18 Å². The Labute approximate surface area is 104 Å². The van der Waals surface area contributed by atoms with Crippen molar-refractivity contribution in [3.8, 4) is 5.75 Å². The van der Waals surface area contributed by atoms with Gasteiger partial charge >= 0.3 is 5.97 Å². The third-order valence-corrected chi connectivity index (χ3v) is 2.94. The Morgan fingerprint density at radius 3 is 2.78 bits per heavy atom. The lowest BCUT2D eigenvalue weighted by atomic mass is 10.0. The molecule has 1 aliphatic carbocycles. The van der Waals surface area contributed by atoms with E-state index in [2.05, 4.69) is 0 Å². The van der Waals surface area contributed by atoms with Crippen LogP contribution >= 0.6 is 0 Å². The molecular formula is C13H15FO4. The van der Waals surface area contributed by atoms with E-state index in [1.165, 1.54) is 19.2 Å². The highest BCUT2D eigenvalue weighted by Gasteiger charge is 2.34. The van der Waals surface area contributed by atoms with E-state index in [0.29, 0.717) is 5.56 Å². The molecule has 1 unspecified atom stereocenters. The fourth-order valence-corrected chi connectivity index (χ4v) is 1.92. The predicted molar refractivity (Wildman–Crippen MR) is 62.0 cm³/mol. The zero-order valence-electron chi connectivity index (χ0n) is 10.1. The number of halogens is 1. The average molecular weight is 254 g/mol. The summed E-state index contributed by atoms with van der Waals surface area (Å²) in [6, 6.07) is 4.60. The first-order valence-corrected chi connectivity index (χ1v) is 5.78. The third kappa shape index (κ3) is 2.98. The number of carbonyl (C=O) groups is 1. The van der Waals surface area contributed by atoms with Gasteiger partial charge in [0, 0.05) is 0 Å². The molecule has 1 atom stereocenters. The number of methoxy groups -OCH3 is 1. The summed E-state index contributed by atoms with van der Waals surface area (Å²) in [4.78, 5) is 10.5. The van der Waals surface area contributed by atoms with E-state index >= 15 is 0 Å². The van der Waals surface area contributed by atoms with Gasteiger partial charge in [-0.2, -0.15) is 0 Å². The zero-order valence-corrected chi connectivity index (χ0v) is 10.1. The Kier molecular flexibility index (Phi) is 3.81. The lowest BCUT2D eigenvalue weighted by Gasteiger charge is -2.17. The number of hydrogen-bond acceptors (Lipinski definition) is 3. The highest BCUT2D eigenvalue weighted by Crippen LogP contribution is 2.43. The molecule has 0 amide bonds. The monoisotopic (exact) mass is 254 g/mol. The van der Waals surface area contributed by atoms with Gasteiger partial charge in [-0.1, -0.05) is 6.07 Å². The molecule has 0 bridgehead atoms. The Morgan fingerprint density at radius 2 is 2.28 bits per heavy atom. The standard InChI is InChI=1S/C13H15FO4/c1-17-11-5-4-9(6-10(11)14)13(8-2-3-8)18-7-12(15)16/h4-6,8,13H,2-3,7H2,1H3,(H,15,16). The van der Waals surface area contributed by atoms with Crippen LogP contribution in [-0.4, -0.2) is 24.8 Å². The molecule has 18 heavy (non-hydrogen) atoms. The van der Waals surface area contributed by atoms with E-state index in [0.717, 1.165) is 12.8 Å². The van der Waals surface area contributed by atoms with Crippen LogP contribution in [0.2, 0.25) is 0 Å². The SMILES string of the molecule is COc1ccc(C(OCC(=O)O)C2CC2)cc1F. The van der Waals surface area contributed by atoms with E-state index < -0.39 is 11.8 Å². The summed E-state index contributed by atoms with van der Waals surface area (Å²) in [5.41, 5.74) is 0.664. The summed E-state index contributed by atoms with van der Waals surface area (Å²) in [5.74, 6) is -1.02. The first-order chi connectivity index (χ1) is 8.61. The van der Waals surface area contributed by atoms with Gasteiger partial charge in [-0.3, -0.25) is 0 Å². The summed E-state index contributed by atoms with van der Waals surface area (Å²) >= 11 is 0. The number of benzene rings is 1.